The van der Waals surface area contributed by atoms with Crippen LogP contribution in [0.4, 0.5) is 11.4 Å². The Hall–Kier alpha value is -2.41. The molecule has 0 aliphatic carbocycles. The average Bonchev–Trinajstić information content (AvgIpc) is 3.06. The second-order valence-electron chi connectivity index (χ2n) is 5.48. The van der Waals surface area contributed by atoms with Crippen molar-refractivity contribution in [2.24, 2.45) is 5.73 Å². The Morgan fingerprint density at radius 3 is 3.05 bits per heavy atom. The van der Waals surface area contributed by atoms with E-state index in [9.17, 15) is 4.79 Å². The minimum absolute atomic E-state index is 0.0551. The first kappa shape index (κ1) is 12.3. The van der Waals surface area contributed by atoms with Crippen molar-refractivity contribution in [2.75, 3.05) is 23.4 Å². The third kappa shape index (κ3) is 1.74. The highest BCUT2D eigenvalue weighted by molar-refractivity contribution is 6.04. The van der Waals surface area contributed by atoms with Gasteiger partial charge in [0.05, 0.1) is 12.2 Å². The van der Waals surface area contributed by atoms with Gasteiger partial charge in [-0.05, 0) is 12.1 Å². The number of carbonyl (C=O) groups is 1. The summed E-state index contributed by atoms with van der Waals surface area (Å²) in [6.07, 6.45) is 1.76. The zero-order chi connectivity index (χ0) is 14.6. The normalized spacial score (nSPS) is 20.7. The number of likely N-dealkylation sites (N-methyl/N-ethyl adjacent to an activating group) is 1. The van der Waals surface area contributed by atoms with Gasteiger partial charge in [0, 0.05) is 31.4 Å². The van der Waals surface area contributed by atoms with Crippen LogP contribution < -0.4 is 15.5 Å². The standard InChI is InChI=1S/C14H16N6O/c1-18-11-6-9(2-3-10(11)13(15)14(18)21)19-4-5-20-8-16-17-12(20)7-19/h2-3,6,8,13H,4-5,7,15H2,1H3. The van der Waals surface area contributed by atoms with E-state index in [2.05, 4.69) is 19.7 Å². The topological polar surface area (TPSA) is 80.3 Å². The van der Waals surface area contributed by atoms with Crippen LogP contribution in [-0.2, 0) is 17.9 Å². The highest BCUT2D eigenvalue weighted by atomic mass is 16.2. The number of anilines is 2. The number of amides is 1. The zero-order valence-electron chi connectivity index (χ0n) is 11.7. The summed E-state index contributed by atoms with van der Waals surface area (Å²) in [7, 11) is 1.77. The van der Waals surface area contributed by atoms with Gasteiger partial charge >= 0.3 is 0 Å². The van der Waals surface area contributed by atoms with Crippen molar-refractivity contribution in [3.8, 4) is 0 Å². The van der Waals surface area contributed by atoms with Crippen molar-refractivity contribution in [3.63, 3.8) is 0 Å². The average molecular weight is 284 g/mol. The molecule has 2 N–H and O–H groups in total. The molecule has 1 aromatic heterocycles. The summed E-state index contributed by atoms with van der Waals surface area (Å²) in [5, 5.41) is 8.07. The predicted octanol–water partition coefficient (Wildman–Crippen LogP) is 0.274. The van der Waals surface area contributed by atoms with Gasteiger partial charge in [-0.2, -0.15) is 0 Å². The summed E-state index contributed by atoms with van der Waals surface area (Å²) in [4.78, 5) is 15.8. The Balaban J connectivity index is 1.68. The maximum Gasteiger partial charge on any atom is 0.248 e. The van der Waals surface area contributed by atoms with E-state index < -0.39 is 6.04 Å². The Labute approximate surface area is 122 Å². The van der Waals surface area contributed by atoms with E-state index in [1.807, 2.05) is 18.2 Å². The Bertz CT molecular complexity index is 724. The number of fused-ring (bicyclic) bond motifs is 2. The number of aromatic nitrogens is 3. The lowest BCUT2D eigenvalue weighted by molar-refractivity contribution is -0.118. The molecule has 1 amide bonds. The molecule has 1 atom stereocenters. The van der Waals surface area contributed by atoms with E-state index in [4.69, 9.17) is 5.73 Å². The fraction of sp³-hybridized carbons (Fsp3) is 0.357. The van der Waals surface area contributed by atoms with Gasteiger partial charge in [-0.3, -0.25) is 4.79 Å². The number of nitrogens with zero attached hydrogens (tertiary/aromatic N) is 5. The van der Waals surface area contributed by atoms with E-state index in [0.29, 0.717) is 0 Å². The monoisotopic (exact) mass is 284 g/mol. The first-order valence-electron chi connectivity index (χ1n) is 6.94. The van der Waals surface area contributed by atoms with Crippen LogP contribution in [0, 0.1) is 0 Å². The SMILES string of the molecule is CN1C(=O)C(N)c2ccc(N3CCn4cnnc4C3)cc21. The second-order valence-corrected chi connectivity index (χ2v) is 5.48. The third-order valence-electron chi connectivity index (χ3n) is 4.31. The highest BCUT2D eigenvalue weighted by Gasteiger charge is 2.33. The van der Waals surface area contributed by atoms with E-state index in [1.165, 1.54) is 0 Å². The van der Waals surface area contributed by atoms with Crippen LogP contribution in [0.2, 0.25) is 0 Å². The lowest BCUT2D eigenvalue weighted by Gasteiger charge is -2.29. The van der Waals surface area contributed by atoms with Crippen LogP contribution >= 0.6 is 0 Å². The summed E-state index contributed by atoms with van der Waals surface area (Å²) >= 11 is 0. The number of carbonyl (C=O) groups excluding carboxylic acids is 1. The van der Waals surface area contributed by atoms with Crippen molar-refractivity contribution in [2.45, 2.75) is 19.1 Å². The Morgan fingerprint density at radius 2 is 2.19 bits per heavy atom. The molecule has 1 unspecified atom stereocenters. The van der Waals surface area contributed by atoms with Gasteiger partial charge in [0.15, 0.2) is 5.82 Å². The molecular weight excluding hydrogens is 268 g/mol. The molecule has 4 rings (SSSR count). The largest absolute Gasteiger partial charge is 0.362 e. The highest BCUT2D eigenvalue weighted by Crippen LogP contribution is 2.36. The molecular formula is C14H16N6O. The minimum Gasteiger partial charge on any atom is -0.362 e. The molecule has 0 bridgehead atoms. The molecule has 0 spiro atoms. The molecule has 2 aromatic rings. The molecule has 21 heavy (non-hydrogen) atoms. The van der Waals surface area contributed by atoms with Gasteiger partial charge in [-0.1, -0.05) is 6.07 Å². The first-order chi connectivity index (χ1) is 10.1. The smallest absolute Gasteiger partial charge is 0.248 e. The van der Waals surface area contributed by atoms with Crippen molar-refractivity contribution >= 4 is 17.3 Å². The van der Waals surface area contributed by atoms with Crippen molar-refractivity contribution in [1.82, 2.24) is 14.8 Å². The lowest BCUT2D eigenvalue weighted by Crippen LogP contribution is -2.33. The van der Waals surface area contributed by atoms with Crippen molar-refractivity contribution < 1.29 is 4.79 Å². The second kappa shape index (κ2) is 4.29. The molecule has 7 heteroatoms. The molecule has 0 saturated carbocycles. The summed E-state index contributed by atoms with van der Waals surface area (Å²) in [6, 6.07) is 5.47. The Morgan fingerprint density at radius 1 is 1.33 bits per heavy atom. The van der Waals surface area contributed by atoms with E-state index >= 15 is 0 Å². The molecule has 2 aliphatic rings. The third-order valence-corrected chi connectivity index (χ3v) is 4.31. The van der Waals surface area contributed by atoms with Crippen LogP contribution in [0.1, 0.15) is 17.4 Å². The van der Waals surface area contributed by atoms with Crippen LogP contribution in [0.25, 0.3) is 0 Å². The molecule has 3 heterocycles. The maximum atomic E-state index is 11.9. The lowest BCUT2D eigenvalue weighted by atomic mass is 10.1. The summed E-state index contributed by atoms with van der Waals surface area (Å²) < 4.78 is 2.06. The number of rotatable bonds is 1. The fourth-order valence-electron chi connectivity index (χ4n) is 3.03. The molecule has 2 aliphatic heterocycles. The number of benzene rings is 1. The summed E-state index contributed by atoms with van der Waals surface area (Å²) in [5.41, 5.74) is 8.81. The van der Waals surface area contributed by atoms with Crippen LogP contribution in [-0.4, -0.2) is 34.3 Å². The summed E-state index contributed by atoms with van der Waals surface area (Å²) in [5.74, 6) is 0.906. The molecule has 0 saturated heterocycles. The van der Waals surface area contributed by atoms with Crippen LogP contribution in [0.5, 0.6) is 0 Å². The first-order valence-corrected chi connectivity index (χ1v) is 6.94. The maximum absolute atomic E-state index is 11.9. The number of nitrogens with two attached hydrogens (primary N) is 1. The van der Waals surface area contributed by atoms with Gasteiger partial charge < -0.3 is 20.1 Å². The minimum atomic E-state index is -0.538. The van der Waals surface area contributed by atoms with Gasteiger partial charge in [0.25, 0.3) is 0 Å². The van der Waals surface area contributed by atoms with Gasteiger partial charge in [-0.15, -0.1) is 10.2 Å². The number of hydrogen-bond donors (Lipinski definition) is 1. The molecule has 1 aromatic carbocycles. The summed E-state index contributed by atoms with van der Waals surface area (Å²) in [6.45, 7) is 2.49. The van der Waals surface area contributed by atoms with E-state index in [0.717, 1.165) is 42.4 Å². The van der Waals surface area contributed by atoms with Gasteiger partial charge in [0.2, 0.25) is 5.91 Å². The van der Waals surface area contributed by atoms with E-state index in [1.54, 1.807) is 18.3 Å². The van der Waals surface area contributed by atoms with Crippen molar-refractivity contribution in [1.29, 1.82) is 0 Å². The van der Waals surface area contributed by atoms with Gasteiger partial charge in [-0.25, -0.2) is 0 Å². The molecule has 7 nitrogen and oxygen atoms in total. The Kier molecular flexibility index (Phi) is 2.52. The molecule has 0 radical (unpaired) electrons. The quantitative estimate of drug-likeness (QED) is 0.813. The molecule has 0 fully saturated rings. The van der Waals surface area contributed by atoms with Crippen molar-refractivity contribution in [3.05, 3.63) is 35.9 Å². The van der Waals surface area contributed by atoms with E-state index in [-0.39, 0.29) is 5.91 Å². The molecule has 108 valence electrons. The predicted molar refractivity (Wildman–Crippen MR) is 77.9 cm³/mol. The zero-order valence-corrected chi connectivity index (χ0v) is 11.7. The fourth-order valence-corrected chi connectivity index (χ4v) is 3.03. The number of hydrogen-bond acceptors (Lipinski definition) is 5. The van der Waals surface area contributed by atoms with Gasteiger partial charge in [0.1, 0.15) is 12.4 Å². The van der Waals surface area contributed by atoms with Crippen LogP contribution in [0.15, 0.2) is 24.5 Å². The van der Waals surface area contributed by atoms with Crippen LogP contribution in [0.3, 0.4) is 0 Å².